The Morgan fingerprint density at radius 1 is 1.32 bits per heavy atom. The molecule has 2 aromatic rings. The number of H-pyrrole nitrogens is 1. The van der Waals surface area contributed by atoms with Crippen LogP contribution in [0.2, 0.25) is 0 Å². The molecular formula is C19H22N3O8P. The van der Waals surface area contributed by atoms with E-state index in [0.29, 0.717) is 11.1 Å². The molecular weight excluding hydrogens is 429 g/mol. The van der Waals surface area contributed by atoms with Crippen molar-refractivity contribution < 1.29 is 28.6 Å². The Hall–Kier alpha value is -2.82. The summed E-state index contributed by atoms with van der Waals surface area (Å²) in [7, 11) is -4.47. The summed E-state index contributed by atoms with van der Waals surface area (Å²) in [5, 5.41) is 11.5. The molecule has 1 aromatic heterocycles. The van der Waals surface area contributed by atoms with Crippen LogP contribution in [0.5, 0.6) is 0 Å². The fraction of sp³-hybridized carbons (Fsp3) is 0.316. The minimum atomic E-state index is -4.47. The van der Waals surface area contributed by atoms with Gasteiger partial charge in [0.25, 0.3) is 5.56 Å². The number of nitrogens with zero attached hydrogens (tertiary/aromatic N) is 1. The quantitative estimate of drug-likeness (QED) is 0.318. The fourth-order valence-corrected chi connectivity index (χ4v) is 3.98. The molecule has 0 saturated heterocycles. The van der Waals surface area contributed by atoms with E-state index in [-0.39, 0.29) is 13.0 Å². The van der Waals surface area contributed by atoms with Gasteiger partial charge in [0.2, 0.25) is 0 Å². The van der Waals surface area contributed by atoms with Gasteiger partial charge in [-0.25, -0.2) is 14.4 Å². The molecule has 1 aliphatic heterocycles. The molecule has 1 aliphatic rings. The Balaban J connectivity index is 1.58. The minimum absolute atomic E-state index is 0.0134. The van der Waals surface area contributed by atoms with Crippen LogP contribution in [0.15, 0.2) is 58.3 Å². The zero-order valence-corrected chi connectivity index (χ0v) is 17.4. The molecule has 11 nitrogen and oxygen atoms in total. The second-order valence-electron chi connectivity index (χ2n) is 6.95. The van der Waals surface area contributed by atoms with Crippen LogP contribution in [0.3, 0.4) is 0 Å². The van der Waals surface area contributed by atoms with E-state index in [1.807, 2.05) is 0 Å². The van der Waals surface area contributed by atoms with Crippen molar-refractivity contribution in [1.82, 2.24) is 14.6 Å². The zero-order valence-electron chi connectivity index (χ0n) is 16.5. The van der Waals surface area contributed by atoms with Gasteiger partial charge in [-0.2, -0.15) is 0 Å². The van der Waals surface area contributed by atoms with Crippen LogP contribution < -0.4 is 16.3 Å². The predicted molar refractivity (Wildman–Crippen MR) is 110 cm³/mol. The summed E-state index contributed by atoms with van der Waals surface area (Å²) in [5.74, 6) is -1.30. The topological polar surface area (TPSA) is 160 Å². The van der Waals surface area contributed by atoms with Crippen molar-refractivity contribution in [3.63, 3.8) is 0 Å². The summed E-state index contributed by atoms with van der Waals surface area (Å²) in [6.07, 6.45) is 2.82. The van der Waals surface area contributed by atoms with Gasteiger partial charge < -0.3 is 14.7 Å². The van der Waals surface area contributed by atoms with Crippen molar-refractivity contribution >= 4 is 13.7 Å². The van der Waals surface area contributed by atoms with Gasteiger partial charge in [-0.3, -0.25) is 23.7 Å². The largest absolute Gasteiger partial charge is 0.480 e. The summed E-state index contributed by atoms with van der Waals surface area (Å²) in [5.41, 5.74) is -0.169. The van der Waals surface area contributed by atoms with Gasteiger partial charge in [0.15, 0.2) is 6.23 Å². The van der Waals surface area contributed by atoms with E-state index in [1.165, 1.54) is 23.8 Å². The number of nitrogens with one attached hydrogen (secondary N) is 2. The molecule has 0 aliphatic carbocycles. The molecule has 4 N–H and O–H groups in total. The Kier molecular flexibility index (Phi) is 7.04. The molecule has 31 heavy (non-hydrogen) atoms. The van der Waals surface area contributed by atoms with Crippen molar-refractivity contribution in [2.24, 2.45) is 0 Å². The van der Waals surface area contributed by atoms with Crippen LogP contribution in [0.25, 0.3) is 0 Å². The first kappa shape index (κ1) is 22.9. The van der Waals surface area contributed by atoms with E-state index in [2.05, 4.69) is 10.1 Å². The molecule has 0 saturated carbocycles. The van der Waals surface area contributed by atoms with E-state index >= 15 is 0 Å². The third-order valence-electron chi connectivity index (χ3n) is 4.54. The van der Waals surface area contributed by atoms with E-state index in [0.717, 1.165) is 0 Å². The number of carbonyl (C=O) groups is 1. The van der Waals surface area contributed by atoms with Crippen LogP contribution in [-0.4, -0.2) is 44.3 Å². The number of aliphatic carboxylic acids is 1. The number of aromatic amines is 1. The number of hydrogen-bond acceptors (Lipinski definition) is 6. The summed E-state index contributed by atoms with van der Waals surface area (Å²) in [6.45, 7) is 1.18. The Morgan fingerprint density at radius 3 is 2.71 bits per heavy atom. The third-order valence-corrected chi connectivity index (χ3v) is 5.68. The highest BCUT2D eigenvalue weighted by Gasteiger charge is 2.31. The number of hydrogen-bond donors (Lipinski definition) is 4. The summed E-state index contributed by atoms with van der Waals surface area (Å²) in [4.78, 5) is 47.1. The SMILES string of the molecule is Cc1cn([C@H]2C=C[C@@H](COP(=O)(O)N[C@@H](Cc3ccccc3)C(=O)O)O2)c(=O)[nH]c1=O. The van der Waals surface area contributed by atoms with Crippen LogP contribution in [0.1, 0.15) is 17.4 Å². The summed E-state index contributed by atoms with van der Waals surface area (Å²) in [6, 6.07) is 7.32. The van der Waals surface area contributed by atoms with Crippen LogP contribution in [0, 0.1) is 6.92 Å². The molecule has 3 rings (SSSR count). The first-order valence-corrected chi connectivity index (χ1v) is 10.9. The number of aromatic nitrogens is 2. The Morgan fingerprint density at radius 2 is 2.03 bits per heavy atom. The Labute approximate surface area is 176 Å². The molecule has 1 aromatic carbocycles. The maximum atomic E-state index is 12.3. The van der Waals surface area contributed by atoms with Crippen LogP contribution in [0.4, 0.5) is 0 Å². The molecule has 0 radical (unpaired) electrons. The lowest BCUT2D eigenvalue weighted by atomic mass is 10.1. The molecule has 0 amide bonds. The number of benzene rings is 1. The molecule has 0 fully saturated rings. The average molecular weight is 451 g/mol. The first-order chi connectivity index (χ1) is 14.6. The van der Waals surface area contributed by atoms with E-state index in [4.69, 9.17) is 9.26 Å². The van der Waals surface area contributed by atoms with Gasteiger partial charge >= 0.3 is 19.4 Å². The van der Waals surface area contributed by atoms with Crippen LogP contribution in [-0.2, 0) is 25.0 Å². The molecule has 0 spiro atoms. The summed E-state index contributed by atoms with van der Waals surface area (Å²) >= 11 is 0. The lowest BCUT2D eigenvalue weighted by molar-refractivity contribution is -0.139. The zero-order chi connectivity index (χ0) is 22.6. The van der Waals surface area contributed by atoms with Crippen molar-refractivity contribution in [2.45, 2.75) is 31.7 Å². The van der Waals surface area contributed by atoms with Crippen molar-refractivity contribution in [3.05, 3.63) is 80.6 Å². The molecule has 1 unspecified atom stereocenters. The van der Waals surface area contributed by atoms with Crippen LogP contribution >= 0.6 is 7.75 Å². The minimum Gasteiger partial charge on any atom is -0.480 e. The highest BCUT2D eigenvalue weighted by molar-refractivity contribution is 7.50. The van der Waals surface area contributed by atoms with Crippen molar-refractivity contribution in [1.29, 1.82) is 0 Å². The number of rotatable bonds is 9. The summed E-state index contributed by atoms with van der Waals surface area (Å²) < 4.78 is 24.1. The highest BCUT2D eigenvalue weighted by Crippen LogP contribution is 2.38. The van der Waals surface area contributed by atoms with Gasteiger partial charge in [0.05, 0.1) is 6.61 Å². The van der Waals surface area contributed by atoms with Gasteiger partial charge in [-0.1, -0.05) is 36.4 Å². The van der Waals surface area contributed by atoms with Crippen molar-refractivity contribution in [2.75, 3.05) is 6.61 Å². The van der Waals surface area contributed by atoms with Gasteiger partial charge in [0, 0.05) is 11.8 Å². The third kappa shape index (κ3) is 6.09. The van der Waals surface area contributed by atoms with Crippen molar-refractivity contribution in [3.8, 4) is 0 Å². The molecule has 12 heteroatoms. The smallest absolute Gasteiger partial charge is 0.403 e. The van der Waals surface area contributed by atoms with E-state index in [1.54, 1.807) is 36.4 Å². The monoisotopic (exact) mass is 451 g/mol. The number of carboxylic acids is 1. The Bertz CT molecular complexity index is 1130. The lowest BCUT2D eigenvalue weighted by Gasteiger charge is -2.21. The predicted octanol–water partition coefficient (Wildman–Crippen LogP) is 0.701. The maximum Gasteiger partial charge on any atom is 0.403 e. The highest BCUT2D eigenvalue weighted by atomic mass is 31.2. The first-order valence-electron chi connectivity index (χ1n) is 9.32. The number of carboxylic acid groups (broad SMARTS) is 1. The normalized spacial score (nSPS) is 21.0. The molecule has 0 bridgehead atoms. The van der Waals surface area contributed by atoms with E-state index in [9.17, 15) is 28.9 Å². The molecule has 4 atom stereocenters. The lowest BCUT2D eigenvalue weighted by Crippen LogP contribution is -2.37. The molecule has 2 heterocycles. The van der Waals surface area contributed by atoms with Gasteiger partial charge in [0.1, 0.15) is 12.1 Å². The number of aryl methyl sites for hydroxylation is 1. The standard InChI is InChI=1S/C19H22N3O8P/c1-12-10-22(19(26)20-17(12)23)16-8-7-14(30-16)11-29-31(27,28)21-15(18(24)25)9-13-5-3-2-4-6-13/h2-8,10,14-16H,9,11H2,1H3,(H,24,25)(H,20,23,26)(H2,21,27,28)/t14-,15-,16+/m0/s1. The number of ether oxygens (including phenoxy) is 1. The fourth-order valence-electron chi connectivity index (χ4n) is 2.96. The maximum absolute atomic E-state index is 12.3. The second-order valence-corrected chi connectivity index (χ2v) is 8.51. The average Bonchev–Trinajstić information content (AvgIpc) is 3.18. The second kappa shape index (κ2) is 9.54. The van der Waals surface area contributed by atoms with E-state index < -0.39 is 43.3 Å². The van der Waals surface area contributed by atoms with Gasteiger partial charge in [-0.15, -0.1) is 0 Å². The molecule has 166 valence electrons. The van der Waals surface area contributed by atoms with Gasteiger partial charge in [-0.05, 0) is 25.0 Å².